The van der Waals surface area contributed by atoms with E-state index in [1.54, 1.807) is 6.07 Å². The number of fused-ring (bicyclic) bond motifs is 2. The first kappa shape index (κ1) is 34.7. The molecule has 1 fully saturated rings. The number of hydrogen-bond donors (Lipinski definition) is 3. The van der Waals surface area contributed by atoms with Gasteiger partial charge in [0.1, 0.15) is 17.4 Å². The fraction of sp³-hybridized carbons (Fsp3) is 0.263. The molecule has 1 aliphatic heterocycles. The van der Waals surface area contributed by atoms with Gasteiger partial charge >= 0.3 is 7.12 Å². The monoisotopic (exact) mass is 680 g/mol. The second-order valence-corrected chi connectivity index (χ2v) is 13.4. The molecule has 12 heteroatoms. The molecule has 1 saturated heterocycles. The van der Waals surface area contributed by atoms with Crippen LogP contribution in [0.25, 0.3) is 0 Å². The maximum atomic E-state index is 13.1. The molecule has 2 aliphatic carbocycles. The lowest BCUT2D eigenvalue weighted by atomic mass is 9.74. The van der Waals surface area contributed by atoms with Crippen LogP contribution in [0.15, 0.2) is 72.8 Å². The van der Waals surface area contributed by atoms with Crippen molar-refractivity contribution in [1.82, 2.24) is 0 Å². The molecule has 2 amide bonds. The molecule has 50 heavy (non-hydrogen) atoms. The summed E-state index contributed by atoms with van der Waals surface area (Å²) in [5, 5.41) is 15.2. The van der Waals surface area contributed by atoms with Crippen LogP contribution in [0.5, 0.6) is 5.75 Å². The lowest BCUT2D eigenvalue weighted by Gasteiger charge is -2.32. The van der Waals surface area contributed by atoms with Crippen molar-refractivity contribution in [2.24, 2.45) is 0 Å². The van der Waals surface area contributed by atoms with Gasteiger partial charge in [0, 0.05) is 40.7 Å². The normalized spacial score (nSPS) is 16.7. The predicted octanol–water partition coefficient (Wildman–Crippen LogP) is 6.42. The Hall–Kier alpha value is -5.20. The van der Waals surface area contributed by atoms with Gasteiger partial charge in [0.05, 0.1) is 22.6 Å². The molecule has 4 aromatic carbocycles. The third-order valence-corrected chi connectivity index (χ3v) is 9.62. The first-order valence-corrected chi connectivity index (χ1v) is 16.2. The third-order valence-electron chi connectivity index (χ3n) is 9.62. The zero-order chi connectivity index (χ0) is 36.0. The van der Waals surface area contributed by atoms with E-state index >= 15 is 0 Å². The molecule has 256 valence electrons. The third kappa shape index (κ3) is 6.68. The summed E-state index contributed by atoms with van der Waals surface area (Å²) in [5.74, 6) is -1.71. The van der Waals surface area contributed by atoms with Gasteiger partial charge in [0.25, 0.3) is 11.8 Å². The van der Waals surface area contributed by atoms with Crippen LogP contribution in [-0.4, -0.2) is 46.8 Å². The van der Waals surface area contributed by atoms with Gasteiger partial charge in [0.2, 0.25) is 0 Å². The second kappa shape index (κ2) is 13.3. The summed E-state index contributed by atoms with van der Waals surface area (Å²) in [6.45, 7) is 7.93. The number of phenols is 1. The number of phenolic OH excluding ortho intramolecular Hbond substituents is 1. The van der Waals surface area contributed by atoms with E-state index in [0.717, 1.165) is 11.0 Å². The van der Waals surface area contributed by atoms with Gasteiger partial charge in [-0.3, -0.25) is 19.2 Å². The van der Waals surface area contributed by atoms with Crippen LogP contribution in [0.2, 0.25) is 0 Å². The highest BCUT2D eigenvalue weighted by atomic mass is 19.1. The molecule has 0 saturated carbocycles. The molecule has 4 aromatic rings. The van der Waals surface area contributed by atoms with E-state index in [-0.39, 0.29) is 17.3 Å². The minimum absolute atomic E-state index is 0.0206. The number of carbonyl (C=O) groups excluding carboxylic acids is 4. The molecule has 7 rings (SSSR count). The first-order chi connectivity index (χ1) is 23.6. The minimum Gasteiger partial charge on any atom is -0.508 e. The van der Waals surface area contributed by atoms with Crippen LogP contribution in [0.1, 0.15) is 93.1 Å². The van der Waals surface area contributed by atoms with E-state index in [1.807, 2.05) is 33.8 Å². The number of rotatable bonds is 5. The number of hydrogen-bond acceptors (Lipinski definition) is 7. The second-order valence-electron chi connectivity index (χ2n) is 13.4. The van der Waals surface area contributed by atoms with E-state index in [0.29, 0.717) is 64.9 Å². The Bertz CT molecular complexity index is 2010. The van der Waals surface area contributed by atoms with Crippen molar-refractivity contribution in [3.8, 4) is 5.75 Å². The van der Waals surface area contributed by atoms with E-state index in [9.17, 15) is 33.1 Å². The van der Waals surface area contributed by atoms with Crippen molar-refractivity contribution < 1.29 is 42.4 Å². The van der Waals surface area contributed by atoms with Crippen LogP contribution in [-0.2, 0) is 22.2 Å². The molecule has 0 unspecified atom stereocenters. The molecule has 9 nitrogen and oxygen atoms in total. The highest BCUT2D eigenvalue weighted by molar-refractivity contribution is 6.63. The van der Waals surface area contributed by atoms with Crippen molar-refractivity contribution in [3.05, 3.63) is 118 Å². The molecular formula is C38H35BF2N2O7. The molecule has 0 atom stereocenters. The number of Topliss-reactive ketones (excluding diaryl/α,β-unsaturated/α-hetero) is 2. The lowest BCUT2D eigenvalue weighted by molar-refractivity contribution is 0.00578. The van der Waals surface area contributed by atoms with E-state index in [2.05, 4.69) is 10.6 Å². The average Bonchev–Trinajstić information content (AvgIpc) is 3.72. The number of anilines is 2. The summed E-state index contributed by atoms with van der Waals surface area (Å²) in [5.41, 5.74) is 3.59. The minimum atomic E-state index is -0.568. The van der Waals surface area contributed by atoms with E-state index in [1.165, 1.54) is 60.7 Å². The smallest absolute Gasteiger partial charge is 0.495 e. The summed E-state index contributed by atoms with van der Waals surface area (Å²) in [6.07, 6.45) is 1.76. The van der Waals surface area contributed by atoms with Gasteiger partial charge in [-0.05, 0) is 118 Å². The Morgan fingerprint density at radius 2 is 1.06 bits per heavy atom. The largest absolute Gasteiger partial charge is 0.508 e. The number of ketones is 2. The predicted molar refractivity (Wildman–Crippen MR) is 184 cm³/mol. The Morgan fingerprint density at radius 3 is 1.54 bits per heavy atom. The van der Waals surface area contributed by atoms with Crippen LogP contribution < -0.4 is 16.1 Å². The van der Waals surface area contributed by atoms with Crippen LogP contribution in [0, 0.1) is 11.6 Å². The maximum Gasteiger partial charge on any atom is 0.495 e. The standard InChI is InChI=1S/C22H23BFNO4.C16H12FNO3/c1-21(2)22(3,4)29-23(28-21)16-10-11-17(19-15(16)9-12-18(19)26)25-20(27)13-5-7-14(24)8-6-13;17-10-3-1-9(2-4-10)16(21)18-12-6-8-13(19)11-5-7-14(20)15(11)12/h5-8,10-11H,9,12H2,1-4H3,(H,25,27);1-4,6,8,19H,5,7H2,(H,18,21). The van der Waals surface area contributed by atoms with E-state index in [4.69, 9.17) is 9.31 Å². The van der Waals surface area contributed by atoms with Gasteiger partial charge in [0.15, 0.2) is 11.6 Å². The van der Waals surface area contributed by atoms with Crippen molar-refractivity contribution >= 4 is 47.3 Å². The molecule has 3 aliphatic rings. The van der Waals surface area contributed by atoms with Gasteiger partial charge in [-0.25, -0.2) is 8.78 Å². The van der Waals surface area contributed by atoms with Crippen molar-refractivity contribution in [2.75, 3.05) is 10.6 Å². The number of benzene rings is 4. The number of nitrogens with one attached hydrogen (secondary N) is 2. The molecule has 1 heterocycles. The van der Waals surface area contributed by atoms with E-state index < -0.39 is 41.8 Å². The first-order valence-electron chi connectivity index (χ1n) is 16.2. The molecule has 0 bridgehead atoms. The van der Waals surface area contributed by atoms with Gasteiger partial charge in [-0.1, -0.05) is 6.07 Å². The summed E-state index contributed by atoms with van der Waals surface area (Å²) in [4.78, 5) is 49.1. The Morgan fingerprint density at radius 1 is 0.640 bits per heavy atom. The molecule has 0 aromatic heterocycles. The van der Waals surface area contributed by atoms with Gasteiger partial charge < -0.3 is 25.0 Å². The summed E-state index contributed by atoms with van der Waals surface area (Å²) >= 11 is 0. The van der Waals surface area contributed by atoms with Crippen LogP contribution in [0.4, 0.5) is 20.2 Å². The molecule has 0 radical (unpaired) electrons. The zero-order valence-corrected chi connectivity index (χ0v) is 28.0. The van der Waals surface area contributed by atoms with Crippen LogP contribution in [0.3, 0.4) is 0 Å². The Balaban J connectivity index is 0.000000182. The average molecular weight is 681 g/mol. The fourth-order valence-corrected chi connectivity index (χ4v) is 6.18. The summed E-state index contributed by atoms with van der Waals surface area (Å²) < 4.78 is 38.3. The van der Waals surface area contributed by atoms with Crippen molar-refractivity contribution in [1.29, 1.82) is 0 Å². The number of halogens is 2. The zero-order valence-electron chi connectivity index (χ0n) is 28.0. The Kier molecular flexibility index (Phi) is 9.19. The van der Waals surface area contributed by atoms with Crippen molar-refractivity contribution in [2.45, 2.75) is 64.6 Å². The highest BCUT2D eigenvalue weighted by Gasteiger charge is 2.52. The summed E-state index contributed by atoms with van der Waals surface area (Å²) in [7, 11) is -0.568. The van der Waals surface area contributed by atoms with Crippen LogP contribution >= 0.6 is 0 Å². The highest BCUT2D eigenvalue weighted by Crippen LogP contribution is 2.38. The fourth-order valence-electron chi connectivity index (χ4n) is 6.18. The van der Waals surface area contributed by atoms with Crippen molar-refractivity contribution in [3.63, 3.8) is 0 Å². The number of carbonyl (C=O) groups is 4. The quantitative estimate of drug-likeness (QED) is 0.164. The summed E-state index contributed by atoms with van der Waals surface area (Å²) in [6, 6.07) is 16.9. The van der Waals surface area contributed by atoms with Gasteiger partial charge in [-0.2, -0.15) is 0 Å². The topological polar surface area (TPSA) is 131 Å². The molecule has 0 spiro atoms. The molecule has 3 N–H and O–H groups in total. The number of aromatic hydroxyl groups is 1. The Labute approximate surface area is 288 Å². The molecular weight excluding hydrogens is 645 g/mol. The number of amides is 2. The maximum absolute atomic E-state index is 13.1. The van der Waals surface area contributed by atoms with Gasteiger partial charge in [-0.15, -0.1) is 0 Å². The lowest BCUT2D eigenvalue weighted by Crippen LogP contribution is -2.41. The SMILES string of the molecule is CC1(C)OB(c2ccc(NC(=O)c3ccc(F)cc3)c3c2CCC3=O)OC1(C)C.O=C(Nc1ccc(O)c2c1C(=O)CC2)c1ccc(F)cc1.